The average molecular weight is 193 g/mol. The van der Waals surface area contributed by atoms with E-state index in [4.69, 9.17) is 5.11 Å². The summed E-state index contributed by atoms with van der Waals surface area (Å²) in [5.74, 6) is 0.826. The minimum Gasteiger partial charge on any atom is -0.396 e. The van der Waals surface area contributed by atoms with Crippen LogP contribution < -0.4 is 5.32 Å². The van der Waals surface area contributed by atoms with Gasteiger partial charge >= 0.3 is 0 Å². The predicted molar refractivity (Wildman–Crippen MR) is 54.0 cm³/mol. The first-order valence-corrected chi connectivity index (χ1v) is 4.88. The molecule has 1 aliphatic rings. The zero-order valence-corrected chi connectivity index (χ0v) is 8.32. The summed E-state index contributed by atoms with van der Waals surface area (Å²) in [5, 5.41) is 12.4. The Kier molecular flexibility index (Phi) is 2.37. The number of aryl methyl sites for hydroxylation is 1. The Balaban J connectivity index is 1.95. The number of hydrogen-bond donors (Lipinski definition) is 2. The molecule has 1 fully saturated rings. The quantitative estimate of drug-likeness (QED) is 0.748. The summed E-state index contributed by atoms with van der Waals surface area (Å²) in [6, 6.07) is 0. The average Bonchev–Trinajstić information content (AvgIpc) is 2.98. The van der Waals surface area contributed by atoms with Crippen LogP contribution in [-0.4, -0.2) is 28.2 Å². The Hall–Kier alpha value is -1.16. The van der Waals surface area contributed by atoms with Crippen LogP contribution in [0.25, 0.3) is 0 Å². The van der Waals surface area contributed by atoms with Crippen LogP contribution in [0, 0.1) is 12.3 Å². The third kappa shape index (κ3) is 1.85. The number of anilines is 1. The number of nitrogens with one attached hydrogen (secondary N) is 1. The summed E-state index contributed by atoms with van der Waals surface area (Å²) in [7, 11) is 0. The molecule has 2 N–H and O–H groups in total. The van der Waals surface area contributed by atoms with E-state index in [1.54, 1.807) is 12.4 Å². The summed E-state index contributed by atoms with van der Waals surface area (Å²) in [4.78, 5) is 8.33. The van der Waals surface area contributed by atoms with Gasteiger partial charge in [0.25, 0.3) is 0 Å². The number of hydrogen-bond acceptors (Lipinski definition) is 4. The lowest BCUT2D eigenvalue weighted by Crippen LogP contribution is -2.20. The molecule has 0 spiro atoms. The number of aliphatic hydroxyl groups is 1. The van der Waals surface area contributed by atoms with Crippen LogP contribution >= 0.6 is 0 Å². The van der Waals surface area contributed by atoms with Gasteiger partial charge in [-0.1, -0.05) is 0 Å². The smallest absolute Gasteiger partial charge is 0.147 e. The van der Waals surface area contributed by atoms with E-state index >= 15 is 0 Å². The van der Waals surface area contributed by atoms with Gasteiger partial charge in [0, 0.05) is 24.4 Å². The van der Waals surface area contributed by atoms with Crippen molar-refractivity contribution in [2.45, 2.75) is 19.8 Å². The summed E-state index contributed by atoms with van der Waals surface area (Å²) in [5.41, 5.74) is 1.02. The molecule has 0 aromatic carbocycles. The van der Waals surface area contributed by atoms with Crippen LogP contribution in [0.3, 0.4) is 0 Å². The lowest BCUT2D eigenvalue weighted by Gasteiger charge is -2.13. The molecular weight excluding hydrogens is 178 g/mol. The summed E-state index contributed by atoms with van der Waals surface area (Å²) in [6.07, 6.45) is 5.57. The van der Waals surface area contributed by atoms with Gasteiger partial charge in [-0.2, -0.15) is 0 Å². The maximum Gasteiger partial charge on any atom is 0.147 e. The van der Waals surface area contributed by atoms with Crippen molar-refractivity contribution in [2.75, 3.05) is 18.5 Å². The molecule has 4 heteroatoms. The first-order valence-electron chi connectivity index (χ1n) is 4.88. The number of nitrogens with zero attached hydrogens (tertiary/aromatic N) is 2. The minimum atomic E-state index is 0.115. The van der Waals surface area contributed by atoms with Crippen molar-refractivity contribution >= 4 is 5.82 Å². The Morgan fingerprint density at radius 1 is 1.43 bits per heavy atom. The van der Waals surface area contributed by atoms with Crippen molar-refractivity contribution in [3.63, 3.8) is 0 Å². The lowest BCUT2D eigenvalue weighted by atomic mass is 10.1. The molecule has 0 bridgehead atoms. The number of aliphatic hydroxyl groups excluding tert-OH is 1. The molecule has 0 aliphatic heterocycles. The highest BCUT2D eigenvalue weighted by molar-refractivity contribution is 5.38. The molecule has 0 atom stereocenters. The molecule has 1 aromatic heterocycles. The Morgan fingerprint density at radius 3 is 2.71 bits per heavy atom. The molecule has 1 aromatic rings. The third-order valence-corrected chi connectivity index (χ3v) is 2.80. The van der Waals surface area contributed by atoms with Gasteiger partial charge in [0.2, 0.25) is 0 Å². The second-order valence-electron chi connectivity index (χ2n) is 4.00. The fourth-order valence-electron chi connectivity index (χ4n) is 1.42. The van der Waals surface area contributed by atoms with Crippen molar-refractivity contribution in [1.82, 2.24) is 9.97 Å². The Labute approximate surface area is 83.4 Å². The molecule has 2 rings (SSSR count). The van der Waals surface area contributed by atoms with Gasteiger partial charge in [-0.3, -0.25) is 4.98 Å². The molecule has 1 aliphatic carbocycles. The van der Waals surface area contributed by atoms with E-state index < -0.39 is 0 Å². The first-order chi connectivity index (χ1) is 6.76. The SMILES string of the molecule is Cc1nccnc1NCC1(CO)CC1. The molecule has 1 heterocycles. The third-order valence-electron chi connectivity index (χ3n) is 2.80. The van der Waals surface area contributed by atoms with E-state index in [1.165, 1.54) is 0 Å². The van der Waals surface area contributed by atoms with Crippen molar-refractivity contribution in [3.8, 4) is 0 Å². The van der Waals surface area contributed by atoms with E-state index in [-0.39, 0.29) is 12.0 Å². The highest BCUT2D eigenvalue weighted by Gasteiger charge is 2.41. The molecule has 0 unspecified atom stereocenters. The van der Waals surface area contributed by atoms with Gasteiger partial charge in [0.1, 0.15) is 5.82 Å². The zero-order chi connectivity index (χ0) is 10.0. The second kappa shape index (κ2) is 3.53. The van der Waals surface area contributed by atoms with Crippen LogP contribution in [0.15, 0.2) is 12.4 Å². The van der Waals surface area contributed by atoms with E-state index in [0.29, 0.717) is 0 Å². The van der Waals surface area contributed by atoms with Gasteiger partial charge in [-0.25, -0.2) is 4.98 Å². The topological polar surface area (TPSA) is 58.0 Å². The minimum absolute atomic E-state index is 0.115. The number of aromatic nitrogens is 2. The largest absolute Gasteiger partial charge is 0.396 e. The fourth-order valence-corrected chi connectivity index (χ4v) is 1.42. The summed E-state index contributed by atoms with van der Waals surface area (Å²) in [6.45, 7) is 2.98. The molecule has 0 radical (unpaired) electrons. The molecular formula is C10H15N3O. The Morgan fingerprint density at radius 2 is 2.14 bits per heavy atom. The Bertz CT molecular complexity index is 323. The van der Waals surface area contributed by atoms with Crippen LogP contribution in [0.4, 0.5) is 5.82 Å². The molecule has 1 saturated carbocycles. The van der Waals surface area contributed by atoms with E-state index in [0.717, 1.165) is 30.9 Å². The van der Waals surface area contributed by atoms with E-state index in [2.05, 4.69) is 15.3 Å². The standard InChI is InChI=1S/C10H15N3O/c1-8-9(12-5-4-11-8)13-6-10(7-14)2-3-10/h4-5,14H,2-3,6-7H2,1H3,(H,12,13). The monoisotopic (exact) mass is 193 g/mol. The maximum absolute atomic E-state index is 9.13. The lowest BCUT2D eigenvalue weighted by molar-refractivity contribution is 0.219. The first kappa shape index (κ1) is 9.40. The van der Waals surface area contributed by atoms with Gasteiger partial charge in [0.05, 0.1) is 12.3 Å². The molecule has 14 heavy (non-hydrogen) atoms. The summed E-state index contributed by atoms with van der Waals surface area (Å²) < 4.78 is 0. The van der Waals surface area contributed by atoms with E-state index in [1.807, 2.05) is 6.92 Å². The normalized spacial score (nSPS) is 17.9. The van der Waals surface area contributed by atoms with Gasteiger partial charge in [-0.15, -0.1) is 0 Å². The van der Waals surface area contributed by atoms with E-state index in [9.17, 15) is 0 Å². The number of rotatable bonds is 4. The summed E-state index contributed by atoms with van der Waals surface area (Å²) >= 11 is 0. The van der Waals surface area contributed by atoms with Crippen molar-refractivity contribution in [2.24, 2.45) is 5.41 Å². The van der Waals surface area contributed by atoms with Crippen molar-refractivity contribution in [1.29, 1.82) is 0 Å². The molecule has 76 valence electrons. The maximum atomic E-state index is 9.13. The highest BCUT2D eigenvalue weighted by atomic mass is 16.3. The van der Waals surface area contributed by atoms with Crippen LogP contribution in [0.1, 0.15) is 18.5 Å². The predicted octanol–water partition coefficient (Wildman–Crippen LogP) is 0.969. The second-order valence-corrected chi connectivity index (χ2v) is 4.00. The van der Waals surface area contributed by atoms with Crippen LogP contribution in [-0.2, 0) is 0 Å². The van der Waals surface area contributed by atoms with Crippen LogP contribution in [0.2, 0.25) is 0 Å². The fraction of sp³-hybridized carbons (Fsp3) is 0.600. The highest BCUT2D eigenvalue weighted by Crippen LogP contribution is 2.44. The van der Waals surface area contributed by atoms with Gasteiger partial charge in [-0.05, 0) is 19.8 Å². The van der Waals surface area contributed by atoms with Crippen LogP contribution in [0.5, 0.6) is 0 Å². The van der Waals surface area contributed by atoms with Crippen molar-refractivity contribution < 1.29 is 5.11 Å². The van der Waals surface area contributed by atoms with Crippen molar-refractivity contribution in [3.05, 3.63) is 18.1 Å². The molecule has 4 nitrogen and oxygen atoms in total. The van der Waals surface area contributed by atoms with Gasteiger partial charge in [0.15, 0.2) is 0 Å². The molecule has 0 saturated heterocycles. The zero-order valence-electron chi connectivity index (χ0n) is 8.32. The molecule has 0 amide bonds. The van der Waals surface area contributed by atoms with Gasteiger partial charge < -0.3 is 10.4 Å².